The van der Waals surface area contributed by atoms with Crippen LogP contribution < -0.4 is 0 Å². The Morgan fingerprint density at radius 1 is 1.10 bits per heavy atom. The van der Waals surface area contributed by atoms with E-state index >= 15 is 0 Å². The highest BCUT2D eigenvalue weighted by Crippen LogP contribution is 2.22. The molecular weight excluding hydrogens is 400 g/mol. The molecule has 1 N–H and O–H groups in total. The Kier molecular flexibility index (Phi) is 6.79. The number of aliphatic hydroxyl groups is 1. The number of hydrogen-bond acceptors (Lipinski definition) is 6. The molecule has 0 spiro atoms. The standard InChI is InChI=1S/C23H27ClN4O2/c1-17-4-2-3-5-19(17)14-28-12-11-27(15-21(28)10-13-29)16-22-25-23(26-30-22)18-6-8-20(24)9-7-18/h2-9,21,29H,10-16H2,1H3/t21-/m0/s1. The molecule has 0 unspecified atom stereocenters. The predicted molar refractivity (Wildman–Crippen MR) is 117 cm³/mol. The summed E-state index contributed by atoms with van der Waals surface area (Å²) in [6.45, 7) is 6.59. The molecule has 2 aromatic carbocycles. The van der Waals surface area contributed by atoms with Crippen molar-refractivity contribution in [2.75, 3.05) is 26.2 Å². The Hall–Kier alpha value is -2.25. The van der Waals surface area contributed by atoms with Crippen molar-refractivity contribution in [3.8, 4) is 11.4 Å². The molecule has 1 aliphatic heterocycles. The topological polar surface area (TPSA) is 65.6 Å². The van der Waals surface area contributed by atoms with Crippen molar-refractivity contribution in [3.05, 3.63) is 70.6 Å². The number of aliphatic hydroxyl groups excluding tert-OH is 1. The van der Waals surface area contributed by atoms with Gasteiger partial charge in [0.05, 0.1) is 6.54 Å². The summed E-state index contributed by atoms with van der Waals surface area (Å²) in [5.41, 5.74) is 3.54. The second-order valence-electron chi connectivity index (χ2n) is 7.82. The van der Waals surface area contributed by atoms with Gasteiger partial charge in [-0.25, -0.2) is 0 Å². The molecule has 1 atom stereocenters. The number of rotatable bonds is 7. The van der Waals surface area contributed by atoms with Crippen LogP contribution in [0, 0.1) is 6.92 Å². The highest BCUT2D eigenvalue weighted by molar-refractivity contribution is 6.30. The molecule has 0 saturated carbocycles. The minimum absolute atomic E-state index is 0.185. The lowest BCUT2D eigenvalue weighted by Gasteiger charge is -2.41. The van der Waals surface area contributed by atoms with Gasteiger partial charge in [-0.1, -0.05) is 41.0 Å². The summed E-state index contributed by atoms with van der Waals surface area (Å²) in [5, 5.41) is 14.4. The Bertz CT molecular complexity index is 960. The molecule has 0 bridgehead atoms. The lowest BCUT2D eigenvalue weighted by atomic mass is 10.0. The zero-order valence-corrected chi connectivity index (χ0v) is 17.9. The van der Waals surface area contributed by atoms with Gasteiger partial charge in [0.1, 0.15) is 0 Å². The molecule has 1 fully saturated rings. The zero-order valence-electron chi connectivity index (χ0n) is 17.2. The third-order valence-corrected chi connectivity index (χ3v) is 5.97. The number of aryl methyl sites for hydroxylation is 1. The van der Waals surface area contributed by atoms with Crippen molar-refractivity contribution in [1.29, 1.82) is 0 Å². The van der Waals surface area contributed by atoms with E-state index in [0.717, 1.165) is 38.2 Å². The van der Waals surface area contributed by atoms with Crippen LogP contribution in [0.1, 0.15) is 23.4 Å². The van der Waals surface area contributed by atoms with Crippen molar-refractivity contribution in [2.24, 2.45) is 0 Å². The van der Waals surface area contributed by atoms with Gasteiger partial charge in [-0.15, -0.1) is 0 Å². The average Bonchev–Trinajstić information content (AvgIpc) is 3.20. The summed E-state index contributed by atoms with van der Waals surface area (Å²) in [4.78, 5) is 9.35. The molecular formula is C23H27ClN4O2. The zero-order chi connectivity index (χ0) is 20.9. The molecule has 6 nitrogen and oxygen atoms in total. The van der Waals surface area contributed by atoms with E-state index in [1.165, 1.54) is 11.1 Å². The van der Waals surface area contributed by atoms with E-state index < -0.39 is 0 Å². The molecule has 1 aromatic heterocycles. The summed E-state index contributed by atoms with van der Waals surface area (Å²) in [5.74, 6) is 1.18. The van der Waals surface area contributed by atoms with Gasteiger partial charge in [0.15, 0.2) is 0 Å². The summed E-state index contributed by atoms with van der Waals surface area (Å²) < 4.78 is 5.49. The Balaban J connectivity index is 1.39. The first kappa shape index (κ1) is 21.0. The largest absolute Gasteiger partial charge is 0.396 e. The average molecular weight is 427 g/mol. The molecule has 3 aromatic rings. The molecule has 0 aliphatic carbocycles. The quantitative estimate of drug-likeness (QED) is 0.620. The van der Waals surface area contributed by atoms with E-state index in [-0.39, 0.29) is 6.61 Å². The van der Waals surface area contributed by atoms with Crippen LogP contribution in [0.4, 0.5) is 0 Å². The first-order chi connectivity index (χ1) is 14.6. The number of aromatic nitrogens is 2. The van der Waals surface area contributed by atoms with Crippen LogP contribution in [0.25, 0.3) is 11.4 Å². The third-order valence-electron chi connectivity index (χ3n) is 5.72. The second kappa shape index (κ2) is 9.71. The molecule has 1 aliphatic rings. The highest BCUT2D eigenvalue weighted by atomic mass is 35.5. The van der Waals surface area contributed by atoms with E-state index in [1.54, 1.807) is 0 Å². The van der Waals surface area contributed by atoms with E-state index in [9.17, 15) is 5.11 Å². The van der Waals surface area contributed by atoms with Crippen molar-refractivity contribution >= 4 is 11.6 Å². The van der Waals surface area contributed by atoms with Crippen LogP contribution in [0.5, 0.6) is 0 Å². The fraction of sp³-hybridized carbons (Fsp3) is 0.391. The van der Waals surface area contributed by atoms with Crippen LogP contribution in [-0.2, 0) is 13.1 Å². The van der Waals surface area contributed by atoms with Gasteiger partial charge < -0.3 is 9.63 Å². The van der Waals surface area contributed by atoms with Crippen molar-refractivity contribution in [3.63, 3.8) is 0 Å². The Labute approximate surface area is 182 Å². The Morgan fingerprint density at radius 3 is 2.67 bits per heavy atom. The van der Waals surface area contributed by atoms with Crippen molar-refractivity contribution < 1.29 is 9.63 Å². The molecule has 7 heteroatoms. The number of benzene rings is 2. The van der Waals surface area contributed by atoms with Crippen LogP contribution in [0.2, 0.25) is 5.02 Å². The number of hydrogen-bond donors (Lipinski definition) is 1. The predicted octanol–water partition coefficient (Wildman–Crippen LogP) is 3.77. The van der Waals surface area contributed by atoms with Crippen LogP contribution >= 0.6 is 11.6 Å². The summed E-state index contributed by atoms with van der Waals surface area (Å²) in [7, 11) is 0. The molecule has 4 rings (SSSR count). The first-order valence-electron chi connectivity index (χ1n) is 10.3. The SMILES string of the molecule is Cc1ccccc1CN1CCN(Cc2nc(-c3ccc(Cl)cc3)no2)C[C@@H]1CCO. The van der Waals surface area contributed by atoms with Gasteiger partial charge in [-0.2, -0.15) is 4.98 Å². The van der Waals surface area contributed by atoms with E-state index in [4.69, 9.17) is 16.1 Å². The van der Waals surface area contributed by atoms with Gasteiger partial charge >= 0.3 is 0 Å². The van der Waals surface area contributed by atoms with Crippen molar-refractivity contribution in [2.45, 2.75) is 32.5 Å². The third kappa shape index (κ3) is 5.08. The number of piperazine rings is 1. The Morgan fingerprint density at radius 2 is 1.90 bits per heavy atom. The highest BCUT2D eigenvalue weighted by Gasteiger charge is 2.28. The lowest BCUT2D eigenvalue weighted by molar-refractivity contribution is 0.0449. The summed E-state index contributed by atoms with van der Waals surface area (Å²) >= 11 is 5.95. The maximum absolute atomic E-state index is 9.59. The molecule has 158 valence electrons. The summed E-state index contributed by atoms with van der Waals surface area (Å²) in [6, 6.07) is 16.2. The fourth-order valence-corrected chi connectivity index (χ4v) is 4.09. The minimum Gasteiger partial charge on any atom is -0.396 e. The maximum Gasteiger partial charge on any atom is 0.241 e. The normalized spacial score (nSPS) is 18.0. The van der Waals surface area contributed by atoms with Gasteiger partial charge in [0.25, 0.3) is 0 Å². The molecule has 0 amide bonds. The van der Waals surface area contributed by atoms with Crippen LogP contribution in [0.15, 0.2) is 53.1 Å². The minimum atomic E-state index is 0.185. The van der Waals surface area contributed by atoms with E-state index in [1.807, 2.05) is 24.3 Å². The summed E-state index contributed by atoms with van der Waals surface area (Å²) in [6.07, 6.45) is 0.752. The second-order valence-corrected chi connectivity index (χ2v) is 8.25. The van der Waals surface area contributed by atoms with Crippen molar-refractivity contribution in [1.82, 2.24) is 19.9 Å². The molecule has 1 saturated heterocycles. The van der Waals surface area contributed by atoms with Gasteiger partial charge in [-0.3, -0.25) is 9.80 Å². The monoisotopic (exact) mass is 426 g/mol. The fourth-order valence-electron chi connectivity index (χ4n) is 3.96. The number of halogens is 1. The van der Waals surface area contributed by atoms with Gasteiger partial charge in [0.2, 0.25) is 11.7 Å². The lowest BCUT2D eigenvalue weighted by Crippen LogP contribution is -2.52. The first-order valence-corrected chi connectivity index (χ1v) is 10.7. The molecule has 30 heavy (non-hydrogen) atoms. The molecule has 2 heterocycles. The maximum atomic E-state index is 9.59. The van der Waals surface area contributed by atoms with Crippen LogP contribution in [-0.4, -0.2) is 57.3 Å². The van der Waals surface area contributed by atoms with Gasteiger partial charge in [-0.05, 0) is 48.7 Å². The van der Waals surface area contributed by atoms with E-state index in [0.29, 0.717) is 29.3 Å². The smallest absolute Gasteiger partial charge is 0.241 e. The van der Waals surface area contributed by atoms with E-state index in [2.05, 4.69) is 51.1 Å². The molecule has 0 radical (unpaired) electrons. The number of nitrogens with zero attached hydrogens (tertiary/aromatic N) is 4. The van der Waals surface area contributed by atoms with Crippen LogP contribution in [0.3, 0.4) is 0 Å². The van der Waals surface area contributed by atoms with Gasteiger partial charge in [0, 0.05) is 49.4 Å².